The minimum absolute atomic E-state index is 0.648. The van der Waals surface area contributed by atoms with Crippen molar-refractivity contribution < 1.29 is 9.90 Å². The minimum atomic E-state index is -1.03. The number of carboxylic acid groups (broad SMARTS) is 1. The molecule has 11 heavy (non-hydrogen) atoms. The van der Waals surface area contributed by atoms with E-state index in [1.54, 1.807) is 24.3 Å². The molecule has 1 aromatic carbocycles. The lowest BCUT2D eigenvalue weighted by Gasteiger charge is -1.87. The Kier molecular flexibility index (Phi) is 2.38. The van der Waals surface area contributed by atoms with Crippen molar-refractivity contribution in [2.75, 3.05) is 0 Å². The van der Waals surface area contributed by atoms with Crippen molar-refractivity contribution in [2.24, 2.45) is 4.99 Å². The Hall–Kier alpha value is -1.64. The van der Waals surface area contributed by atoms with E-state index < -0.39 is 5.97 Å². The van der Waals surface area contributed by atoms with Crippen molar-refractivity contribution in [1.29, 1.82) is 0 Å². The fraction of sp³-hybridized carbons (Fsp3) is 0. The lowest BCUT2D eigenvalue weighted by Crippen LogP contribution is -1.93. The zero-order chi connectivity index (χ0) is 8.10. The largest absolute Gasteiger partial charge is 0.477 e. The second kappa shape index (κ2) is 3.51. The van der Waals surface area contributed by atoms with Crippen molar-refractivity contribution in [2.45, 2.75) is 0 Å². The van der Waals surface area contributed by atoms with Gasteiger partial charge >= 0.3 is 5.97 Å². The Morgan fingerprint density at radius 1 is 1.36 bits per heavy atom. The predicted molar refractivity (Wildman–Crippen MR) is 42.2 cm³/mol. The third-order valence-electron chi connectivity index (χ3n) is 1.08. The van der Waals surface area contributed by atoms with E-state index in [1.165, 1.54) is 0 Å². The molecule has 0 aliphatic rings. The molecule has 0 aliphatic heterocycles. The molecule has 3 heteroatoms. The molecule has 0 radical (unpaired) electrons. The lowest BCUT2D eigenvalue weighted by molar-refractivity contribution is -0.128. The van der Waals surface area contributed by atoms with Crippen LogP contribution >= 0.6 is 0 Å². The van der Waals surface area contributed by atoms with E-state index in [2.05, 4.69) is 4.99 Å². The molecular formula is C8H7NO2. The van der Waals surface area contributed by atoms with Gasteiger partial charge in [0, 0.05) is 0 Å². The molecule has 0 bridgehead atoms. The van der Waals surface area contributed by atoms with Crippen LogP contribution in [0.5, 0.6) is 0 Å². The van der Waals surface area contributed by atoms with Gasteiger partial charge in [-0.25, -0.2) is 9.79 Å². The first-order valence-electron chi connectivity index (χ1n) is 3.11. The molecule has 0 amide bonds. The van der Waals surface area contributed by atoms with E-state index >= 15 is 0 Å². The number of nitrogens with zero attached hydrogens (tertiary/aromatic N) is 1. The molecule has 0 spiro atoms. The molecule has 0 atom stereocenters. The summed E-state index contributed by atoms with van der Waals surface area (Å²) in [6.45, 7) is 0. The summed E-state index contributed by atoms with van der Waals surface area (Å²) in [7, 11) is 0. The van der Waals surface area contributed by atoms with Gasteiger partial charge in [-0.05, 0) is 12.1 Å². The Morgan fingerprint density at radius 2 is 2.00 bits per heavy atom. The molecule has 1 rings (SSSR count). The average Bonchev–Trinajstić information content (AvgIpc) is 2.03. The molecule has 1 N–H and O–H groups in total. The highest BCUT2D eigenvalue weighted by Crippen LogP contribution is 2.07. The van der Waals surface area contributed by atoms with Crippen LogP contribution in [-0.2, 0) is 4.79 Å². The zero-order valence-corrected chi connectivity index (χ0v) is 5.77. The third-order valence-corrected chi connectivity index (χ3v) is 1.08. The number of aliphatic imine (C=N–C) groups is 1. The van der Waals surface area contributed by atoms with E-state index in [0.717, 1.165) is 6.21 Å². The van der Waals surface area contributed by atoms with Gasteiger partial charge in [0.15, 0.2) is 0 Å². The van der Waals surface area contributed by atoms with Crippen molar-refractivity contribution in [3.63, 3.8) is 0 Å². The topological polar surface area (TPSA) is 49.7 Å². The molecule has 1 aromatic rings. The van der Waals surface area contributed by atoms with E-state index in [-0.39, 0.29) is 0 Å². The van der Waals surface area contributed by atoms with Crippen molar-refractivity contribution in [1.82, 2.24) is 0 Å². The van der Waals surface area contributed by atoms with Crippen LogP contribution in [0.3, 0.4) is 0 Å². The molecule has 0 aromatic heterocycles. The third kappa shape index (κ3) is 2.62. The SMILES string of the molecule is O=C(O)C=Nc1ccccc1. The first kappa shape index (κ1) is 7.47. The van der Waals surface area contributed by atoms with Crippen LogP contribution in [0, 0.1) is 0 Å². The van der Waals surface area contributed by atoms with E-state index in [4.69, 9.17) is 5.11 Å². The minimum Gasteiger partial charge on any atom is -0.477 e. The number of carboxylic acids is 1. The maximum atomic E-state index is 10.0. The van der Waals surface area contributed by atoms with Crippen LogP contribution in [0.2, 0.25) is 0 Å². The van der Waals surface area contributed by atoms with Crippen molar-refractivity contribution in [3.8, 4) is 0 Å². The Balaban J connectivity index is 2.72. The molecule has 0 aliphatic carbocycles. The molecule has 56 valence electrons. The van der Waals surface area contributed by atoms with Gasteiger partial charge in [0.25, 0.3) is 0 Å². The molecule has 0 saturated heterocycles. The highest BCUT2D eigenvalue weighted by Gasteiger charge is 1.87. The normalized spacial score (nSPS) is 10.2. The predicted octanol–water partition coefficient (Wildman–Crippen LogP) is 1.47. The standard InChI is InChI=1S/C8H7NO2/c10-8(11)6-9-7-4-2-1-3-5-7/h1-6H,(H,10,11). The molecule has 0 fully saturated rings. The van der Waals surface area contributed by atoms with Crippen molar-refractivity contribution in [3.05, 3.63) is 30.3 Å². The van der Waals surface area contributed by atoms with E-state index in [0.29, 0.717) is 5.69 Å². The molecule has 3 nitrogen and oxygen atoms in total. The van der Waals surface area contributed by atoms with Gasteiger partial charge < -0.3 is 5.11 Å². The number of carbonyl (C=O) groups is 1. The summed E-state index contributed by atoms with van der Waals surface area (Å²) < 4.78 is 0. The summed E-state index contributed by atoms with van der Waals surface area (Å²) in [5.41, 5.74) is 0.648. The van der Waals surface area contributed by atoms with Crippen LogP contribution in [-0.4, -0.2) is 17.3 Å². The Bertz CT molecular complexity index is 267. The summed E-state index contributed by atoms with van der Waals surface area (Å²) in [6, 6.07) is 8.92. The summed E-state index contributed by atoms with van der Waals surface area (Å²) >= 11 is 0. The van der Waals surface area contributed by atoms with Crippen LogP contribution in [0.25, 0.3) is 0 Å². The Labute approximate surface area is 64.0 Å². The summed E-state index contributed by atoms with van der Waals surface area (Å²) in [4.78, 5) is 13.7. The number of benzene rings is 1. The highest BCUT2D eigenvalue weighted by atomic mass is 16.4. The van der Waals surface area contributed by atoms with Gasteiger partial charge in [0.05, 0.1) is 5.69 Å². The molecule has 0 unspecified atom stereocenters. The average molecular weight is 149 g/mol. The van der Waals surface area contributed by atoms with Crippen LogP contribution < -0.4 is 0 Å². The van der Waals surface area contributed by atoms with E-state index in [1.807, 2.05) is 6.07 Å². The number of rotatable bonds is 2. The molecule has 0 heterocycles. The number of para-hydroxylation sites is 1. The fourth-order valence-corrected chi connectivity index (χ4v) is 0.644. The lowest BCUT2D eigenvalue weighted by atomic mass is 10.3. The van der Waals surface area contributed by atoms with Gasteiger partial charge in [-0.3, -0.25) is 0 Å². The first-order chi connectivity index (χ1) is 5.29. The van der Waals surface area contributed by atoms with Gasteiger partial charge in [-0.2, -0.15) is 0 Å². The number of hydrogen-bond acceptors (Lipinski definition) is 2. The highest BCUT2D eigenvalue weighted by molar-refractivity contribution is 6.22. The van der Waals surface area contributed by atoms with Gasteiger partial charge in [-0.15, -0.1) is 0 Å². The molecule has 0 saturated carbocycles. The smallest absolute Gasteiger partial charge is 0.346 e. The van der Waals surface area contributed by atoms with E-state index in [9.17, 15) is 4.79 Å². The summed E-state index contributed by atoms with van der Waals surface area (Å²) in [5.74, 6) is -1.03. The second-order valence-corrected chi connectivity index (χ2v) is 1.93. The summed E-state index contributed by atoms with van der Waals surface area (Å²) in [5, 5.41) is 8.23. The van der Waals surface area contributed by atoms with Crippen LogP contribution in [0.4, 0.5) is 5.69 Å². The maximum Gasteiger partial charge on any atom is 0.346 e. The Morgan fingerprint density at radius 3 is 2.55 bits per heavy atom. The van der Waals surface area contributed by atoms with Gasteiger partial charge in [0.1, 0.15) is 6.21 Å². The first-order valence-corrected chi connectivity index (χ1v) is 3.11. The second-order valence-electron chi connectivity index (χ2n) is 1.93. The monoisotopic (exact) mass is 149 g/mol. The zero-order valence-electron chi connectivity index (χ0n) is 5.77. The van der Waals surface area contributed by atoms with Crippen LogP contribution in [0.1, 0.15) is 0 Å². The molecular weight excluding hydrogens is 142 g/mol. The van der Waals surface area contributed by atoms with Gasteiger partial charge in [-0.1, -0.05) is 18.2 Å². The van der Waals surface area contributed by atoms with Gasteiger partial charge in [0.2, 0.25) is 0 Å². The maximum absolute atomic E-state index is 10.0. The number of hydrogen-bond donors (Lipinski definition) is 1. The fourth-order valence-electron chi connectivity index (χ4n) is 0.644. The number of aliphatic carboxylic acids is 1. The quantitative estimate of drug-likeness (QED) is 0.647. The van der Waals surface area contributed by atoms with Crippen molar-refractivity contribution >= 4 is 17.9 Å². The summed E-state index contributed by atoms with van der Waals surface area (Å²) in [6.07, 6.45) is 0.870. The van der Waals surface area contributed by atoms with Crippen LogP contribution in [0.15, 0.2) is 35.3 Å².